The first-order valence-electron chi connectivity index (χ1n) is 9.70. The van der Waals surface area contributed by atoms with Crippen LogP contribution in [-0.4, -0.2) is 49.9 Å². The van der Waals surface area contributed by atoms with Gasteiger partial charge >= 0.3 is 0 Å². The Morgan fingerprint density at radius 3 is 2.64 bits per heavy atom. The molecule has 1 aromatic heterocycles. The lowest BCUT2D eigenvalue weighted by Crippen LogP contribution is -3.07. The second kappa shape index (κ2) is 8.61. The van der Waals surface area contributed by atoms with E-state index in [1.165, 1.54) is 22.6 Å². The van der Waals surface area contributed by atoms with Crippen LogP contribution in [0.3, 0.4) is 0 Å². The van der Waals surface area contributed by atoms with Gasteiger partial charge in [0.15, 0.2) is 9.84 Å². The zero-order valence-corrected chi connectivity index (χ0v) is 17.6. The summed E-state index contributed by atoms with van der Waals surface area (Å²) in [6, 6.07) is 6.02. The summed E-state index contributed by atoms with van der Waals surface area (Å²) in [7, 11) is -0.795. The minimum atomic E-state index is -2.93. The normalized spacial score (nSPS) is 19.6. The van der Waals surface area contributed by atoms with E-state index in [0.717, 1.165) is 30.9 Å². The molecule has 3 rings (SSSR count). The Hall–Kier alpha value is -1.93. The molecule has 2 aromatic rings. The summed E-state index contributed by atoms with van der Waals surface area (Å²) in [5.41, 5.74) is 3.24. The molecular weight excluding hydrogens is 381 g/mol. The lowest BCUT2D eigenvalue weighted by atomic mass is 10.1. The maximum atomic E-state index is 12.9. The van der Waals surface area contributed by atoms with Gasteiger partial charge in [0.25, 0.3) is 0 Å². The van der Waals surface area contributed by atoms with Crippen LogP contribution in [0.4, 0.5) is 4.39 Å². The van der Waals surface area contributed by atoms with Crippen molar-refractivity contribution in [1.29, 1.82) is 0 Å². The van der Waals surface area contributed by atoms with Crippen LogP contribution < -0.4 is 9.64 Å². The Labute approximate surface area is 166 Å². The number of aryl methyl sites for hydroxylation is 1. The molecule has 2 heterocycles. The molecule has 0 saturated carbocycles. The van der Waals surface area contributed by atoms with Crippen LogP contribution in [0.1, 0.15) is 35.8 Å². The maximum absolute atomic E-state index is 12.9. The molecule has 6 nitrogen and oxygen atoms in total. The predicted molar refractivity (Wildman–Crippen MR) is 106 cm³/mol. The minimum Gasteiger partial charge on any atom is -0.493 e. The van der Waals surface area contributed by atoms with Crippen LogP contribution in [0.2, 0.25) is 0 Å². The Kier molecular flexibility index (Phi) is 6.40. The van der Waals surface area contributed by atoms with Crippen molar-refractivity contribution in [2.24, 2.45) is 0 Å². The van der Waals surface area contributed by atoms with E-state index < -0.39 is 9.84 Å². The quantitative estimate of drug-likeness (QED) is 0.670. The van der Waals surface area contributed by atoms with Crippen molar-refractivity contribution >= 4 is 9.84 Å². The first kappa shape index (κ1) is 20.8. The van der Waals surface area contributed by atoms with Crippen LogP contribution in [0.15, 0.2) is 24.3 Å². The topological polar surface area (TPSA) is 65.6 Å². The first-order valence-corrected chi connectivity index (χ1v) is 11.5. The molecular formula is C20H29FN3O3S+. The third-order valence-corrected chi connectivity index (χ3v) is 7.09. The zero-order valence-electron chi connectivity index (χ0n) is 16.7. The molecule has 1 saturated heterocycles. The lowest BCUT2D eigenvalue weighted by Gasteiger charge is -2.15. The summed E-state index contributed by atoms with van der Waals surface area (Å²) in [4.78, 5) is 1.34. The van der Waals surface area contributed by atoms with E-state index in [9.17, 15) is 12.8 Å². The number of benzene rings is 1. The van der Waals surface area contributed by atoms with Crippen molar-refractivity contribution in [3.63, 3.8) is 0 Å². The number of sulfone groups is 1. The summed E-state index contributed by atoms with van der Waals surface area (Å²) in [6.07, 6.45) is 1.53. The third kappa shape index (κ3) is 5.11. The Balaban J connectivity index is 1.51. The number of quaternary nitrogens is 1. The van der Waals surface area contributed by atoms with Crippen molar-refractivity contribution in [3.8, 4) is 5.75 Å². The molecule has 154 valence electrons. The molecule has 0 spiro atoms. The van der Waals surface area contributed by atoms with Gasteiger partial charge in [-0.1, -0.05) is 0 Å². The molecule has 1 aliphatic heterocycles. The van der Waals surface area contributed by atoms with Gasteiger partial charge in [-0.25, -0.2) is 12.8 Å². The van der Waals surface area contributed by atoms with Gasteiger partial charge in [-0.15, -0.1) is 0 Å². The smallest absolute Gasteiger partial charge is 0.152 e. The highest BCUT2D eigenvalue weighted by Crippen LogP contribution is 2.26. The molecule has 8 heteroatoms. The molecule has 1 N–H and O–H groups in total. The van der Waals surface area contributed by atoms with Gasteiger partial charge in [-0.2, -0.15) is 5.10 Å². The highest BCUT2D eigenvalue weighted by molar-refractivity contribution is 7.91. The highest BCUT2D eigenvalue weighted by atomic mass is 32.2. The number of hydrogen-bond donors (Lipinski definition) is 1. The van der Waals surface area contributed by atoms with Crippen LogP contribution in [0.25, 0.3) is 0 Å². The minimum absolute atomic E-state index is 0.0399. The third-order valence-electron chi connectivity index (χ3n) is 5.34. The van der Waals surface area contributed by atoms with Crippen LogP contribution >= 0.6 is 0 Å². The van der Waals surface area contributed by atoms with E-state index in [1.54, 1.807) is 12.1 Å². The number of aromatic nitrogens is 2. The largest absolute Gasteiger partial charge is 0.493 e. The summed E-state index contributed by atoms with van der Waals surface area (Å²) in [5.74, 6) is 0.860. The van der Waals surface area contributed by atoms with E-state index in [4.69, 9.17) is 4.74 Å². The summed E-state index contributed by atoms with van der Waals surface area (Å²) in [5, 5.41) is 4.64. The van der Waals surface area contributed by atoms with Gasteiger partial charge in [0.2, 0.25) is 0 Å². The van der Waals surface area contributed by atoms with Crippen LogP contribution in [-0.2, 0) is 16.4 Å². The fraction of sp³-hybridized carbons (Fsp3) is 0.550. The SMILES string of the molecule is Cc1nn([C@H]2CCS(=O)(=O)C2)c(C)c1C[NH+](C)CCCOc1ccc(F)cc1. The Morgan fingerprint density at radius 2 is 2.00 bits per heavy atom. The number of halogens is 1. The van der Waals surface area contributed by atoms with E-state index in [0.29, 0.717) is 18.8 Å². The summed E-state index contributed by atoms with van der Waals surface area (Å²) >= 11 is 0. The van der Waals surface area contributed by atoms with E-state index in [1.807, 2.05) is 18.5 Å². The average molecular weight is 411 g/mol. The van der Waals surface area contributed by atoms with Crippen molar-refractivity contribution in [2.45, 2.75) is 39.3 Å². The molecule has 0 amide bonds. The zero-order chi connectivity index (χ0) is 20.3. The predicted octanol–water partition coefficient (Wildman–Crippen LogP) is 1.48. The Bertz CT molecular complexity index is 910. The second-order valence-electron chi connectivity index (χ2n) is 7.69. The van der Waals surface area contributed by atoms with Gasteiger partial charge in [0, 0.05) is 12.1 Å². The van der Waals surface area contributed by atoms with Crippen molar-refractivity contribution in [3.05, 3.63) is 47.0 Å². The van der Waals surface area contributed by atoms with Crippen molar-refractivity contribution < 1.29 is 22.4 Å². The molecule has 1 aromatic carbocycles. The number of rotatable bonds is 8. The van der Waals surface area contributed by atoms with Gasteiger partial charge in [0.1, 0.15) is 18.1 Å². The molecule has 2 atom stereocenters. The molecule has 28 heavy (non-hydrogen) atoms. The second-order valence-corrected chi connectivity index (χ2v) is 9.92. The summed E-state index contributed by atoms with van der Waals surface area (Å²) in [6.45, 7) is 6.38. The fourth-order valence-electron chi connectivity index (χ4n) is 3.76. The molecule has 1 fully saturated rings. The van der Waals surface area contributed by atoms with Gasteiger partial charge in [-0.3, -0.25) is 4.68 Å². The highest BCUT2D eigenvalue weighted by Gasteiger charge is 2.31. The molecule has 0 aliphatic carbocycles. The lowest BCUT2D eigenvalue weighted by molar-refractivity contribution is -0.894. The average Bonchev–Trinajstić information content (AvgIpc) is 3.14. The summed E-state index contributed by atoms with van der Waals surface area (Å²) < 4.78 is 44.0. The van der Waals surface area contributed by atoms with E-state index in [2.05, 4.69) is 12.1 Å². The van der Waals surface area contributed by atoms with Crippen LogP contribution in [0.5, 0.6) is 5.75 Å². The van der Waals surface area contributed by atoms with Gasteiger partial charge in [-0.05, 0) is 44.5 Å². The van der Waals surface area contributed by atoms with E-state index >= 15 is 0 Å². The fourth-order valence-corrected chi connectivity index (χ4v) is 5.45. The number of hydrogen-bond acceptors (Lipinski definition) is 4. The molecule has 0 bridgehead atoms. The first-order chi connectivity index (χ1) is 13.2. The monoisotopic (exact) mass is 410 g/mol. The van der Waals surface area contributed by atoms with E-state index in [-0.39, 0.29) is 23.4 Å². The van der Waals surface area contributed by atoms with Gasteiger partial charge in [0.05, 0.1) is 49.0 Å². The van der Waals surface area contributed by atoms with Crippen molar-refractivity contribution in [2.75, 3.05) is 31.7 Å². The molecule has 1 aliphatic rings. The molecule has 1 unspecified atom stereocenters. The van der Waals surface area contributed by atoms with Crippen LogP contribution in [0, 0.1) is 19.7 Å². The number of nitrogens with one attached hydrogen (secondary N) is 1. The standard InChI is InChI=1S/C20H28FN3O3S/c1-15-20(16(2)24(22-15)18-9-12-28(25,26)14-18)13-23(3)10-4-11-27-19-7-5-17(21)6-8-19/h5-8,18H,4,9-14H2,1-3H3/p+1/t18-/m0/s1. The van der Waals surface area contributed by atoms with Crippen molar-refractivity contribution in [1.82, 2.24) is 9.78 Å². The number of nitrogens with zero attached hydrogens (tertiary/aromatic N) is 2. The molecule has 0 radical (unpaired) electrons. The maximum Gasteiger partial charge on any atom is 0.152 e. The Morgan fingerprint density at radius 1 is 1.29 bits per heavy atom. The number of ether oxygens (including phenoxy) is 1. The van der Waals surface area contributed by atoms with Gasteiger partial charge < -0.3 is 9.64 Å².